The summed E-state index contributed by atoms with van der Waals surface area (Å²) in [6.07, 6.45) is 6.51. The monoisotopic (exact) mass is 447 g/mol. The number of hydrogen-bond donors (Lipinski definition) is 3. The fraction of sp³-hybridized carbons (Fsp3) is 0.571. The summed E-state index contributed by atoms with van der Waals surface area (Å²) >= 11 is 0. The molecule has 3 N–H and O–H groups in total. The van der Waals surface area contributed by atoms with Gasteiger partial charge in [-0.3, -0.25) is 4.79 Å². The molecule has 1 heterocycles. The summed E-state index contributed by atoms with van der Waals surface area (Å²) in [6.45, 7) is 1.10. The molecule has 3 rings (SSSR count). The molecule has 0 radical (unpaired) electrons. The van der Waals surface area contributed by atoms with Crippen molar-refractivity contribution in [2.24, 2.45) is 0 Å². The summed E-state index contributed by atoms with van der Waals surface area (Å²) in [4.78, 5) is 25.9. The van der Waals surface area contributed by atoms with E-state index in [1.165, 1.54) is 12.1 Å². The van der Waals surface area contributed by atoms with Gasteiger partial charge in [0.15, 0.2) is 0 Å². The van der Waals surface area contributed by atoms with Gasteiger partial charge >= 0.3 is 6.03 Å². The fourth-order valence-electron chi connectivity index (χ4n) is 4.04. The molecule has 0 spiro atoms. The number of rotatable bonds is 7. The maximum Gasteiger partial charge on any atom is 0.328 e. The summed E-state index contributed by atoms with van der Waals surface area (Å²) in [5.41, 5.74) is 0.802. The molecule has 1 saturated carbocycles. The molecule has 0 unspecified atom stereocenters. The van der Waals surface area contributed by atoms with Crippen molar-refractivity contribution in [2.45, 2.75) is 68.5 Å². The van der Waals surface area contributed by atoms with E-state index in [1.54, 1.807) is 17.0 Å². The first-order chi connectivity index (χ1) is 14.9. The fourth-order valence-corrected chi connectivity index (χ4v) is 4.96. The van der Waals surface area contributed by atoms with Gasteiger partial charge in [0, 0.05) is 19.1 Å². The number of urea groups is 1. The summed E-state index contributed by atoms with van der Waals surface area (Å²) in [5.74, 6) is -0.114. The largest absolute Gasteiger partial charge is 0.335 e. The third-order valence-corrected chi connectivity index (χ3v) is 7.08. The number of benzene rings is 1. The number of carbonyl (C=O) groups is 2. The minimum atomic E-state index is -3.95. The first-order valence-electron chi connectivity index (χ1n) is 10.7. The normalized spacial score (nSPS) is 19.6. The van der Waals surface area contributed by atoms with Crippen LogP contribution in [0.2, 0.25) is 0 Å². The molecule has 3 amide bonds. The van der Waals surface area contributed by atoms with Gasteiger partial charge in [-0.1, -0.05) is 31.4 Å². The number of nitrogens with zero attached hydrogens (tertiary/aromatic N) is 2. The molecular formula is C21H29N5O4S. The van der Waals surface area contributed by atoms with Crippen molar-refractivity contribution in [2.75, 3.05) is 13.1 Å². The van der Waals surface area contributed by atoms with Crippen LogP contribution in [0.5, 0.6) is 0 Å². The van der Waals surface area contributed by atoms with Crippen LogP contribution in [0.25, 0.3) is 0 Å². The Hall–Kier alpha value is -2.64. The van der Waals surface area contributed by atoms with Crippen LogP contribution in [0.4, 0.5) is 4.79 Å². The van der Waals surface area contributed by atoms with Crippen LogP contribution in [0.1, 0.15) is 50.5 Å². The van der Waals surface area contributed by atoms with Gasteiger partial charge in [-0.25, -0.2) is 17.9 Å². The van der Waals surface area contributed by atoms with E-state index in [2.05, 4.69) is 21.4 Å². The van der Waals surface area contributed by atoms with E-state index < -0.39 is 16.1 Å². The van der Waals surface area contributed by atoms with Crippen molar-refractivity contribution in [1.29, 1.82) is 5.26 Å². The predicted molar refractivity (Wildman–Crippen MR) is 114 cm³/mol. The van der Waals surface area contributed by atoms with Gasteiger partial charge in [0.05, 0.1) is 17.5 Å². The van der Waals surface area contributed by atoms with Gasteiger partial charge in [0.2, 0.25) is 5.91 Å². The zero-order valence-corrected chi connectivity index (χ0v) is 18.3. The molecule has 10 heteroatoms. The SMILES string of the molecule is N#C[C@@H]1CCCN1C(=O)CNCc1ccc(S(=O)(=O)NC(=O)NC2CCCCC2)cc1. The molecule has 2 aliphatic rings. The molecule has 1 aliphatic carbocycles. The molecule has 1 aliphatic heterocycles. The van der Waals surface area contributed by atoms with Gasteiger partial charge in [-0.2, -0.15) is 5.26 Å². The number of nitrogens with one attached hydrogen (secondary N) is 3. The van der Waals surface area contributed by atoms with Crippen LogP contribution < -0.4 is 15.4 Å². The lowest BCUT2D eigenvalue weighted by Gasteiger charge is -2.22. The molecule has 0 bridgehead atoms. The van der Waals surface area contributed by atoms with Gasteiger partial charge < -0.3 is 15.5 Å². The van der Waals surface area contributed by atoms with Crippen molar-refractivity contribution in [3.05, 3.63) is 29.8 Å². The zero-order chi connectivity index (χ0) is 22.3. The lowest BCUT2D eigenvalue weighted by atomic mass is 9.96. The third kappa shape index (κ3) is 6.42. The van der Waals surface area contributed by atoms with Crippen molar-refractivity contribution in [3.8, 4) is 6.07 Å². The molecular weight excluding hydrogens is 418 g/mol. The molecule has 168 valence electrons. The van der Waals surface area contributed by atoms with Crippen molar-refractivity contribution >= 4 is 22.0 Å². The van der Waals surface area contributed by atoms with Gasteiger partial charge in [-0.15, -0.1) is 0 Å². The van der Waals surface area contributed by atoms with Crippen LogP contribution in [0.3, 0.4) is 0 Å². The zero-order valence-electron chi connectivity index (χ0n) is 17.5. The van der Waals surface area contributed by atoms with E-state index in [9.17, 15) is 18.0 Å². The first kappa shape index (κ1) is 23.0. The van der Waals surface area contributed by atoms with Gasteiger partial charge in [-0.05, 0) is 43.4 Å². The highest BCUT2D eigenvalue weighted by atomic mass is 32.2. The van der Waals surface area contributed by atoms with E-state index in [-0.39, 0.29) is 29.4 Å². The Morgan fingerprint density at radius 3 is 2.45 bits per heavy atom. The quantitative estimate of drug-likeness (QED) is 0.582. The minimum absolute atomic E-state index is 0.0000456. The maximum atomic E-state index is 12.4. The lowest BCUT2D eigenvalue weighted by molar-refractivity contribution is -0.130. The molecule has 2 fully saturated rings. The average Bonchev–Trinajstić information content (AvgIpc) is 3.23. The van der Waals surface area contributed by atoms with E-state index in [4.69, 9.17) is 5.26 Å². The molecule has 9 nitrogen and oxygen atoms in total. The molecule has 1 atom stereocenters. The second-order valence-electron chi connectivity index (χ2n) is 8.04. The Morgan fingerprint density at radius 1 is 1.06 bits per heavy atom. The minimum Gasteiger partial charge on any atom is -0.335 e. The smallest absolute Gasteiger partial charge is 0.328 e. The molecule has 1 saturated heterocycles. The Balaban J connectivity index is 1.46. The van der Waals surface area contributed by atoms with E-state index in [1.807, 2.05) is 0 Å². The number of likely N-dealkylation sites (tertiary alicyclic amines) is 1. The molecule has 1 aromatic rings. The predicted octanol–water partition coefficient (Wildman–Crippen LogP) is 1.61. The number of sulfonamides is 1. The molecule has 1 aromatic carbocycles. The van der Waals surface area contributed by atoms with Crippen molar-refractivity contribution in [3.63, 3.8) is 0 Å². The first-order valence-corrected chi connectivity index (χ1v) is 12.2. The highest BCUT2D eigenvalue weighted by Crippen LogP contribution is 2.18. The third-order valence-electron chi connectivity index (χ3n) is 5.73. The van der Waals surface area contributed by atoms with Crippen LogP contribution in [0.15, 0.2) is 29.2 Å². The highest BCUT2D eigenvalue weighted by molar-refractivity contribution is 7.90. The standard InChI is InChI=1S/C21H29N5O4S/c22-13-18-7-4-12-26(18)20(27)15-23-14-16-8-10-19(11-9-16)31(29,30)25-21(28)24-17-5-2-1-3-6-17/h8-11,17-18,23H,1-7,12,14-15H2,(H2,24,25,28)/t18-/m0/s1. The van der Waals surface area contributed by atoms with E-state index in [0.29, 0.717) is 19.5 Å². The van der Waals surface area contributed by atoms with Gasteiger partial charge in [0.1, 0.15) is 6.04 Å². The Kier molecular flexibility index (Phi) is 7.87. The van der Waals surface area contributed by atoms with E-state index in [0.717, 1.165) is 44.1 Å². The van der Waals surface area contributed by atoms with E-state index >= 15 is 0 Å². The number of hydrogen-bond acceptors (Lipinski definition) is 6. The molecule has 0 aromatic heterocycles. The van der Waals surface area contributed by atoms with Crippen LogP contribution in [-0.4, -0.2) is 50.4 Å². The summed E-state index contributed by atoms with van der Waals surface area (Å²) in [6, 6.07) is 7.26. The number of nitriles is 1. The van der Waals surface area contributed by atoms with Crippen molar-refractivity contribution < 1.29 is 18.0 Å². The second-order valence-corrected chi connectivity index (χ2v) is 9.72. The van der Waals surface area contributed by atoms with Crippen LogP contribution in [-0.2, 0) is 21.4 Å². The van der Waals surface area contributed by atoms with Crippen LogP contribution >= 0.6 is 0 Å². The second kappa shape index (κ2) is 10.6. The van der Waals surface area contributed by atoms with Gasteiger partial charge in [0.25, 0.3) is 10.0 Å². The highest BCUT2D eigenvalue weighted by Gasteiger charge is 2.28. The topological polar surface area (TPSA) is 131 Å². The Labute approximate surface area is 183 Å². The maximum absolute atomic E-state index is 12.4. The average molecular weight is 448 g/mol. The Morgan fingerprint density at radius 2 is 1.77 bits per heavy atom. The van der Waals surface area contributed by atoms with Crippen molar-refractivity contribution in [1.82, 2.24) is 20.3 Å². The van der Waals surface area contributed by atoms with Crippen LogP contribution in [0, 0.1) is 11.3 Å². The summed E-state index contributed by atoms with van der Waals surface area (Å²) in [5, 5.41) is 14.8. The number of amides is 3. The Bertz CT molecular complexity index is 920. The summed E-state index contributed by atoms with van der Waals surface area (Å²) < 4.78 is 27.0. The lowest BCUT2D eigenvalue weighted by Crippen LogP contribution is -2.45. The summed E-state index contributed by atoms with van der Waals surface area (Å²) in [7, 11) is -3.95. The molecule has 31 heavy (non-hydrogen) atoms. The number of carbonyl (C=O) groups excluding carboxylic acids is 2.